The van der Waals surface area contributed by atoms with Gasteiger partial charge in [-0.2, -0.15) is 0 Å². The summed E-state index contributed by atoms with van der Waals surface area (Å²) in [6.45, 7) is 11.7. The van der Waals surface area contributed by atoms with Crippen molar-refractivity contribution in [2.45, 2.75) is 51.4 Å². The molecule has 2 aliphatic heterocycles. The Kier molecular flexibility index (Phi) is 4.94. The van der Waals surface area contributed by atoms with Crippen molar-refractivity contribution in [3.8, 4) is 0 Å². The summed E-state index contributed by atoms with van der Waals surface area (Å²) in [6.07, 6.45) is 0.155. The first-order chi connectivity index (χ1) is 8.45. The molecule has 0 radical (unpaired) electrons. The van der Waals surface area contributed by atoms with Gasteiger partial charge in [0.1, 0.15) is 6.23 Å². The molecule has 106 valence electrons. The van der Waals surface area contributed by atoms with E-state index in [0.29, 0.717) is 22.9 Å². The monoisotopic (exact) mass is 273 g/mol. The van der Waals surface area contributed by atoms with Gasteiger partial charge in [0.25, 0.3) is 0 Å². The fourth-order valence-corrected chi connectivity index (χ4v) is 3.47. The lowest BCUT2D eigenvalue weighted by Crippen LogP contribution is -2.59. The molecule has 4 unspecified atom stereocenters. The van der Waals surface area contributed by atoms with Crippen LogP contribution in [0.3, 0.4) is 0 Å². The van der Waals surface area contributed by atoms with E-state index < -0.39 is 0 Å². The smallest absolute Gasteiger partial charge is 0.120 e. The maximum atomic E-state index is 5.92. The topological polar surface area (TPSA) is 45.3 Å². The van der Waals surface area contributed by atoms with Crippen LogP contribution in [0, 0.1) is 5.41 Å². The van der Waals surface area contributed by atoms with Crippen molar-refractivity contribution >= 4 is 11.8 Å². The van der Waals surface area contributed by atoms with Crippen LogP contribution in [-0.4, -0.2) is 49.1 Å². The average Bonchev–Trinajstić information content (AvgIpc) is 2.72. The number of hydrogen-bond donors (Lipinski definition) is 3. The van der Waals surface area contributed by atoms with E-state index in [1.54, 1.807) is 0 Å². The second-order valence-electron chi connectivity index (χ2n) is 6.45. The number of thioether (sulfide) groups is 1. The van der Waals surface area contributed by atoms with Crippen LogP contribution in [0.25, 0.3) is 0 Å². The van der Waals surface area contributed by atoms with Gasteiger partial charge in [-0.05, 0) is 12.3 Å². The van der Waals surface area contributed by atoms with Gasteiger partial charge in [-0.15, -0.1) is 11.8 Å². The van der Waals surface area contributed by atoms with Crippen LogP contribution in [0.2, 0.25) is 0 Å². The van der Waals surface area contributed by atoms with Crippen molar-refractivity contribution in [3.63, 3.8) is 0 Å². The van der Waals surface area contributed by atoms with Crippen LogP contribution in [0.4, 0.5) is 0 Å². The third-order valence-corrected chi connectivity index (χ3v) is 4.98. The van der Waals surface area contributed by atoms with Crippen LogP contribution in [0.5, 0.6) is 0 Å². The van der Waals surface area contributed by atoms with Crippen molar-refractivity contribution in [3.05, 3.63) is 0 Å². The van der Waals surface area contributed by atoms with Crippen LogP contribution < -0.4 is 16.0 Å². The van der Waals surface area contributed by atoms with E-state index in [1.165, 1.54) is 5.75 Å². The van der Waals surface area contributed by atoms with Crippen molar-refractivity contribution < 1.29 is 4.74 Å². The Morgan fingerprint density at radius 3 is 2.50 bits per heavy atom. The van der Waals surface area contributed by atoms with Gasteiger partial charge in [-0.25, -0.2) is 0 Å². The van der Waals surface area contributed by atoms with Crippen molar-refractivity contribution in [2.24, 2.45) is 5.41 Å². The van der Waals surface area contributed by atoms with Crippen LogP contribution in [0.15, 0.2) is 0 Å². The van der Waals surface area contributed by atoms with E-state index in [2.05, 4.69) is 43.6 Å². The molecule has 2 fully saturated rings. The van der Waals surface area contributed by atoms with Crippen LogP contribution >= 0.6 is 11.8 Å². The first-order valence-corrected chi connectivity index (χ1v) is 7.96. The number of hydrogen-bond acceptors (Lipinski definition) is 5. The summed E-state index contributed by atoms with van der Waals surface area (Å²) in [5.41, 5.74) is 0.302. The van der Waals surface area contributed by atoms with Gasteiger partial charge in [-0.1, -0.05) is 20.8 Å². The Morgan fingerprint density at radius 1 is 1.22 bits per heavy atom. The van der Waals surface area contributed by atoms with Gasteiger partial charge in [0, 0.05) is 30.9 Å². The SMILES string of the molecule is CC1CSC(COC2CNC(C(C)(C)C)CN2)N1. The van der Waals surface area contributed by atoms with Crippen LogP contribution in [0.1, 0.15) is 27.7 Å². The molecule has 0 amide bonds. The summed E-state index contributed by atoms with van der Waals surface area (Å²) in [6, 6.07) is 1.14. The molecular weight excluding hydrogens is 246 g/mol. The summed E-state index contributed by atoms with van der Waals surface area (Å²) in [5, 5.41) is 11.0. The predicted molar refractivity (Wildman–Crippen MR) is 77.8 cm³/mol. The highest BCUT2D eigenvalue weighted by atomic mass is 32.2. The van der Waals surface area contributed by atoms with E-state index in [9.17, 15) is 0 Å². The largest absolute Gasteiger partial charge is 0.359 e. The van der Waals surface area contributed by atoms with E-state index >= 15 is 0 Å². The lowest BCUT2D eigenvalue weighted by Gasteiger charge is -2.38. The van der Waals surface area contributed by atoms with E-state index in [1.807, 2.05) is 11.8 Å². The summed E-state index contributed by atoms with van der Waals surface area (Å²) in [7, 11) is 0. The summed E-state index contributed by atoms with van der Waals surface area (Å²) >= 11 is 1.96. The highest BCUT2D eigenvalue weighted by molar-refractivity contribution is 8.00. The maximum absolute atomic E-state index is 5.92. The minimum Gasteiger partial charge on any atom is -0.359 e. The zero-order chi connectivity index (χ0) is 13.2. The zero-order valence-corrected chi connectivity index (χ0v) is 12.8. The number of ether oxygens (including phenoxy) is 1. The third-order valence-electron chi connectivity index (χ3n) is 3.61. The highest BCUT2D eigenvalue weighted by Gasteiger charge is 2.30. The fraction of sp³-hybridized carbons (Fsp3) is 1.00. The van der Waals surface area contributed by atoms with Gasteiger partial charge in [0.2, 0.25) is 0 Å². The quantitative estimate of drug-likeness (QED) is 0.716. The summed E-state index contributed by atoms with van der Waals surface area (Å²) < 4.78 is 5.92. The van der Waals surface area contributed by atoms with Gasteiger partial charge < -0.3 is 15.4 Å². The van der Waals surface area contributed by atoms with Crippen molar-refractivity contribution in [1.29, 1.82) is 0 Å². The summed E-state index contributed by atoms with van der Waals surface area (Å²) in [5.74, 6) is 1.19. The molecule has 0 aromatic rings. The molecule has 0 aromatic heterocycles. The number of nitrogens with one attached hydrogen (secondary N) is 3. The molecule has 5 heteroatoms. The Labute approximate surface area is 115 Å². The van der Waals surface area contributed by atoms with Crippen molar-refractivity contribution in [1.82, 2.24) is 16.0 Å². The molecule has 0 bridgehead atoms. The number of rotatable bonds is 3. The first kappa shape index (κ1) is 14.6. The molecule has 0 saturated carbocycles. The Hall–Kier alpha value is 0.190. The standard InChI is InChI=1S/C13H27N3OS/c1-9-8-18-12(16-9)7-17-11-6-14-10(5-15-11)13(2,3)4/h9-12,14-16H,5-8H2,1-4H3. The second kappa shape index (κ2) is 6.09. The lowest BCUT2D eigenvalue weighted by molar-refractivity contribution is 0.00325. The fourth-order valence-electron chi connectivity index (χ4n) is 2.35. The number of piperazine rings is 1. The molecule has 2 aliphatic rings. The van der Waals surface area contributed by atoms with Gasteiger partial charge in [0.05, 0.1) is 12.0 Å². The van der Waals surface area contributed by atoms with Gasteiger partial charge in [0.15, 0.2) is 0 Å². The Balaban J connectivity index is 1.65. The molecule has 18 heavy (non-hydrogen) atoms. The molecule has 2 rings (SSSR count). The van der Waals surface area contributed by atoms with E-state index in [4.69, 9.17) is 4.74 Å². The summed E-state index contributed by atoms with van der Waals surface area (Å²) in [4.78, 5) is 0. The van der Waals surface area contributed by atoms with Gasteiger partial charge in [-0.3, -0.25) is 5.32 Å². The normalized spacial score (nSPS) is 38.0. The van der Waals surface area contributed by atoms with E-state index in [0.717, 1.165) is 19.7 Å². The maximum Gasteiger partial charge on any atom is 0.120 e. The Morgan fingerprint density at radius 2 is 2.00 bits per heavy atom. The molecule has 2 heterocycles. The molecule has 0 aliphatic carbocycles. The first-order valence-electron chi connectivity index (χ1n) is 6.91. The van der Waals surface area contributed by atoms with Gasteiger partial charge >= 0.3 is 0 Å². The van der Waals surface area contributed by atoms with Crippen molar-refractivity contribution in [2.75, 3.05) is 25.4 Å². The molecule has 4 nitrogen and oxygen atoms in total. The molecule has 3 N–H and O–H groups in total. The second-order valence-corrected chi connectivity index (χ2v) is 7.68. The van der Waals surface area contributed by atoms with Crippen LogP contribution in [-0.2, 0) is 4.74 Å². The minimum atomic E-state index is 0.155. The predicted octanol–water partition coefficient (Wildman–Crippen LogP) is 0.988. The highest BCUT2D eigenvalue weighted by Crippen LogP contribution is 2.21. The molecule has 0 spiro atoms. The Bertz CT molecular complexity index is 261. The molecule has 0 aromatic carbocycles. The molecular formula is C13H27N3OS. The molecule has 4 atom stereocenters. The average molecular weight is 273 g/mol. The lowest BCUT2D eigenvalue weighted by atomic mass is 9.86. The van der Waals surface area contributed by atoms with E-state index in [-0.39, 0.29) is 6.23 Å². The third kappa shape index (κ3) is 4.10. The molecule has 2 saturated heterocycles. The minimum absolute atomic E-state index is 0.155. The zero-order valence-electron chi connectivity index (χ0n) is 12.0.